The molecule has 3 unspecified atom stereocenters. The van der Waals surface area contributed by atoms with Crippen molar-refractivity contribution in [3.8, 4) is 11.1 Å². The lowest BCUT2D eigenvalue weighted by molar-refractivity contribution is -0.144. The van der Waals surface area contributed by atoms with E-state index in [0.717, 1.165) is 35.1 Å². The second kappa shape index (κ2) is 11.4. The van der Waals surface area contributed by atoms with Crippen molar-refractivity contribution in [2.75, 3.05) is 20.3 Å². The second-order valence-electron chi connectivity index (χ2n) is 9.15. The number of hydrogen-bond donors (Lipinski definition) is 3. The molecule has 0 aliphatic heterocycles. The van der Waals surface area contributed by atoms with Crippen LogP contribution in [0, 0.1) is 5.92 Å². The third kappa shape index (κ3) is 5.65. The third-order valence-electron chi connectivity index (χ3n) is 6.97. The van der Waals surface area contributed by atoms with Crippen LogP contribution < -0.4 is 10.6 Å². The zero-order valence-electron chi connectivity index (χ0n) is 19.9. The molecule has 2 aromatic rings. The molecule has 35 heavy (non-hydrogen) atoms. The van der Waals surface area contributed by atoms with Crippen molar-refractivity contribution in [3.05, 3.63) is 59.7 Å². The molecule has 2 amide bonds. The van der Waals surface area contributed by atoms with E-state index in [1.807, 2.05) is 36.4 Å². The molecular formula is C27H32N2O6. The summed E-state index contributed by atoms with van der Waals surface area (Å²) in [4.78, 5) is 37.3. The molecule has 2 aromatic carbocycles. The van der Waals surface area contributed by atoms with Gasteiger partial charge in [0.1, 0.15) is 12.6 Å². The average Bonchev–Trinajstić information content (AvgIpc) is 3.19. The molecular weight excluding hydrogens is 448 g/mol. The van der Waals surface area contributed by atoms with Gasteiger partial charge in [0.15, 0.2) is 0 Å². The highest BCUT2D eigenvalue weighted by atomic mass is 16.5. The lowest BCUT2D eigenvalue weighted by Gasteiger charge is -2.30. The van der Waals surface area contributed by atoms with Gasteiger partial charge in [-0.2, -0.15) is 0 Å². The predicted octanol–water partition coefficient (Wildman–Crippen LogP) is 3.69. The van der Waals surface area contributed by atoms with E-state index in [9.17, 15) is 19.5 Å². The number of amides is 2. The molecule has 0 aromatic heterocycles. The van der Waals surface area contributed by atoms with Gasteiger partial charge >= 0.3 is 12.1 Å². The fourth-order valence-corrected chi connectivity index (χ4v) is 5.17. The summed E-state index contributed by atoms with van der Waals surface area (Å²) in [5.41, 5.74) is 4.48. The summed E-state index contributed by atoms with van der Waals surface area (Å²) in [5.74, 6) is -2.04. The van der Waals surface area contributed by atoms with Crippen LogP contribution in [-0.2, 0) is 19.1 Å². The Balaban J connectivity index is 1.39. The Labute approximate surface area is 205 Å². The molecule has 0 radical (unpaired) electrons. The Bertz CT molecular complexity index is 1030. The number of aliphatic carboxylic acids is 1. The number of carbonyl (C=O) groups excluding carboxylic acids is 2. The van der Waals surface area contributed by atoms with Gasteiger partial charge in [-0.3, -0.25) is 9.59 Å². The van der Waals surface area contributed by atoms with Crippen LogP contribution in [0.4, 0.5) is 4.79 Å². The van der Waals surface area contributed by atoms with E-state index in [2.05, 4.69) is 22.8 Å². The molecule has 0 bridgehead atoms. The fraction of sp³-hybridized carbons (Fsp3) is 0.444. The summed E-state index contributed by atoms with van der Waals surface area (Å²) >= 11 is 0. The Morgan fingerprint density at radius 2 is 1.63 bits per heavy atom. The van der Waals surface area contributed by atoms with Gasteiger partial charge in [-0.25, -0.2) is 4.79 Å². The SMILES string of the molecule is COCCC(NC(=O)OCC1c2ccccc2-c2ccccc21)C(=O)NC1CCCCC1C(=O)O. The average molecular weight is 481 g/mol. The summed E-state index contributed by atoms with van der Waals surface area (Å²) in [7, 11) is 1.52. The molecule has 0 spiro atoms. The van der Waals surface area contributed by atoms with E-state index in [1.54, 1.807) is 0 Å². The van der Waals surface area contributed by atoms with Crippen molar-refractivity contribution in [2.45, 2.75) is 50.1 Å². The smallest absolute Gasteiger partial charge is 0.407 e. The van der Waals surface area contributed by atoms with Crippen molar-refractivity contribution in [1.82, 2.24) is 10.6 Å². The molecule has 3 atom stereocenters. The summed E-state index contributed by atoms with van der Waals surface area (Å²) in [6.07, 6.45) is 2.37. The van der Waals surface area contributed by atoms with Gasteiger partial charge in [0.2, 0.25) is 5.91 Å². The van der Waals surface area contributed by atoms with Crippen LogP contribution in [0.5, 0.6) is 0 Å². The molecule has 2 aliphatic carbocycles. The van der Waals surface area contributed by atoms with Crippen LogP contribution in [0.2, 0.25) is 0 Å². The number of fused-ring (bicyclic) bond motifs is 3. The van der Waals surface area contributed by atoms with Crippen molar-refractivity contribution >= 4 is 18.0 Å². The first-order valence-corrected chi connectivity index (χ1v) is 12.1. The molecule has 1 saturated carbocycles. The van der Waals surface area contributed by atoms with Gasteiger partial charge in [0, 0.05) is 32.1 Å². The molecule has 2 aliphatic rings. The lowest BCUT2D eigenvalue weighted by atomic mass is 9.84. The first kappa shape index (κ1) is 24.7. The molecule has 0 saturated heterocycles. The van der Waals surface area contributed by atoms with Crippen molar-refractivity contribution in [2.24, 2.45) is 5.92 Å². The number of carboxylic acid groups (broad SMARTS) is 1. The van der Waals surface area contributed by atoms with Crippen molar-refractivity contribution in [3.63, 3.8) is 0 Å². The minimum Gasteiger partial charge on any atom is -0.481 e. The summed E-state index contributed by atoms with van der Waals surface area (Å²) in [6.45, 7) is 0.400. The van der Waals surface area contributed by atoms with Crippen molar-refractivity contribution < 1.29 is 29.0 Å². The zero-order valence-corrected chi connectivity index (χ0v) is 19.9. The lowest BCUT2D eigenvalue weighted by Crippen LogP contribution is -2.53. The van der Waals surface area contributed by atoms with Gasteiger partial charge in [0.05, 0.1) is 5.92 Å². The number of alkyl carbamates (subject to hydrolysis) is 1. The molecule has 1 fully saturated rings. The van der Waals surface area contributed by atoms with Gasteiger partial charge in [0.25, 0.3) is 0 Å². The van der Waals surface area contributed by atoms with Crippen LogP contribution in [0.3, 0.4) is 0 Å². The normalized spacial score (nSPS) is 19.8. The first-order valence-electron chi connectivity index (χ1n) is 12.1. The maximum absolute atomic E-state index is 13.0. The van der Waals surface area contributed by atoms with E-state index >= 15 is 0 Å². The highest BCUT2D eigenvalue weighted by molar-refractivity contribution is 5.86. The molecule has 8 nitrogen and oxygen atoms in total. The monoisotopic (exact) mass is 480 g/mol. The minimum absolute atomic E-state index is 0.0852. The van der Waals surface area contributed by atoms with E-state index < -0.39 is 36.0 Å². The van der Waals surface area contributed by atoms with Crippen LogP contribution in [0.25, 0.3) is 11.1 Å². The van der Waals surface area contributed by atoms with Gasteiger partial charge in [-0.1, -0.05) is 61.4 Å². The highest BCUT2D eigenvalue weighted by Gasteiger charge is 2.34. The highest BCUT2D eigenvalue weighted by Crippen LogP contribution is 2.44. The molecule has 3 N–H and O–H groups in total. The minimum atomic E-state index is -0.909. The number of methoxy groups -OCH3 is 1. The first-order chi connectivity index (χ1) is 17.0. The fourth-order valence-electron chi connectivity index (χ4n) is 5.17. The van der Waals surface area contributed by atoms with Crippen molar-refractivity contribution in [1.29, 1.82) is 0 Å². The number of ether oxygens (including phenoxy) is 2. The summed E-state index contributed by atoms with van der Waals surface area (Å²) < 4.78 is 10.7. The third-order valence-corrected chi connectivity index (χ3v) is 6.97. The largest absolute Gasteiger partial charge is 0.481 e. The molecule has 186 valence electrons. The van der Waals surface area contributed by atoms with Crippen LogP contribution >= 0.6 is 0 Å². The Morgan fingerprint density at radius 3 is 2.26 bits per heavy atom. The maximum atomic E-state index is 13.0. The molecule has 8 heteroatoms. The predicted molar refractivity (Wildman–Crippen MR) is 130 cm³/mol. The van der Waals surface area contributed by atoms with E-state index in [1.165, 1.54) is 7.11 Å². The van der Waals surface area contributed by atoms with Gasteiger partial charge < -0.3 is 25.2 Å². The van der Waals surface area contributed by atoms with Crippen LogP contribution in [-0.4, -0.2) is 55.5 Å². The summed E-state index contributed by atoms with van der Waals surface area (Å²) in [5, 5.41) is 15.0. The van der Waals surface area contributed by atoms with E-state index in [0.29, 0.717) is 12.8 Å². The molecule has 4 rings (SSSR count). The number of carboxylic acids is 1. The van der Waals surface area contributed by atoms with Crippen LogP contribution in [0.1, 0.15) is 49.1 Å². The topological polar surface area (TPSA) is 114 Å². The Hall–Kier alpha value is -3.39. The van der Waals surface area contributed by atoms with Gasteiger partial charge in [-0.15, -0.1) is 0 Å². The Morgan fingerprint density at radius 1 is 1.00 bits per heavy atom. The number of rotatable bonds is 9. The van der Waals surface area contributed by atoms with Gasteiger partial charge in [-0.05, 0) is 35.1 Å². The van der Waals surface area contributed by atoms with E-state index in [-0.39, 0.29) is 25.6 Å². The number of carbonyl (C=O) groups is 3. The second-order valence-corrected chi connectivity index (χ2v) is 9.15. The molecule has 0 heterocycles. The Kier molecular flexibility index (Phi) is 8.02. The number of benzene rings is 2. The number of nitrogens with one attached hydrogen (secondary N) is 2. The zero-order chi connectivity index (χ0) is 24.8. The van der Waals surface area contributed by atoms with Crippen LogP contribution in [0.15, 0.2) is 48.5 Å². The maximum Gasteiger partial charge on any atom is 0.407 e. The quantitative estimate of drug-likeness (QED) is 0.504. The standard InChI is InChI=1S/C27H32N2O6/c1-34-15-14-24(25(30)28-23-13-7-6-12-21(23)26(31)32)29-27(33)35-16-22-19-10-4-2-8-17(19)18-9-3-5-11-20(18)22/h2-5,8-11,21-24H,6-7,12-16H2,1H3,(H,28,30)(H,29,33)(H,31,32). The summed E-state index contributed by atoms with van der Waals surface area (Å²) in [6, 6.07) is 14.8. The number of hydrogen-bond acceptors (Lipinski definition) is 5. The van der Waals surface area contributed by atoms with E-state index in [4.69, 9.17) is 9.47 Å².